The Kier molecular flexibility index (Phi) is 4.75. The van der Waals surface area contributed by atoms with E-state index in [1.54, 1.807) is 0 Å². The first-order valence-corrected chi connectivity index (χ1v) is 7.26. The molecule has 4 heteroatoms. The third-order valence-electron chi connectivity index (χ3n) is 3.87. The molecule has 0 aliphatic carbocycles. The molecule has 0 spiro atoms. The van der Waals surface area contributed by atoms with Gasteiger partial charge in [-0.15, -0.1) is 10.2 Å². The predicted octanol–water partition coefficient (Wildman–Crippen LogP) is 2.17. The monoisotopic (exact) mass is 250 g/mol. The summed E-state index contributed by atoms with van der Waals surface area (Å²) in [6.45, 7) is 9.99. The van der Waals surface area contributed by atoms with Crippen molar-refractivity contribution in [1.29, 1.82) is 0 Å². The molecule has 0 bridgehead atoms. The smallest absolute Gasteiger partial charge is 0.133 e. The van der Waals surface area contributed by atoms with E-state index in [-0.39, 0.29) is 0 Å². The summed E-state index contributed by atoms with van der Waals surface area (Å²) in [6, 6.07) is 0. The van der Waals surface area contributed by atoms with Crippen molar-refractivity contribution < 1.29 is 0 Å². The Labute approximate surface area is 110 Å². The molecule has 18 heavy (non-hydrogen) atoms. The van der Waals surface area contributed by atoms with Gasteiger partial charge in [0.25, 0.3) is 0 Å². The molecule has 1 aromatic heterocycles. The topological polar surface area (TPSA) is 42.7 Å². The number of aryl methyl sites for hydroxylation is 1. The fourth-order valence-corrected chi connectivity index (χ4v) is 2.60. The van der Waals surface area contributed by atoms with Crippen LogP contribution in [0.25, 0.3) is 0 Å². The summed E-state index contributed by atoms with van der Waals surface area (Å²) in [5.74, 6) is 3.78. The quantitative estimate of drug-likeness (QED) is 0.871. The van der Waals surface area contributed by atoms with Crippen molar-refractivity contribution >= 4 is 0 Å². The second-order valence-corrected chi connectivity index (χ2v) is 5.90. The first-order chi connectivity index (χ1) is 8.66. The minimum Gasteiger partial charge on any atom is -0.317 e. The van der Waals surface area contributed by atoms with Gasteiger partial charge in [-0.05, 0) is 51.1 Å². The number of aromatic nitrogens is 3. The highest BCUT2D eigenvalue weighted by Crippen LogP contribution is 2.18. The lowest BCUT2D eigenvalue weighted by Gasteiger charge is -2.22. The Bertz CT molecular complexity index is 364. The van der Waals surface area contributed by atoms with Crippen LogP contribution in [0.4, 0.5) is 0 Å². The summed E-state index contributed by atoms with van der Waals surface area (Å²) >= 11 is 0. The van der Waals surface area contributed by atoms with E-state index in [0.717, 1.165) is 43.7 Å². The maximum atomic E-state index is 4.38. The third kappa shape index (κ3) is 3.55. The molecule has 1 aliphatic rings. The minimum atomic E-state index is 0.735. The van der Waals surface area contributed by atoms with Crippen molar-refractivity contribution in [3.8, 4) is 0 Å². The highest BCUT2D eigenvalue weighted by atomic mass is 15.3. The molecule has 0 aromatic carbocycles. The predicted molar refractivity (Wildman–Crippen MR) is 73.5 cm³/mol. The van der Waals surface area contributed by atoms with Gasteiger partial charge in [0.15, 0.2) is 0 Å². The maximum absolute atomic E-state index is 4.38. The van der Waals surface area contributed by atoms with Crippen LogP contribution in [-0.2, 0) is 13.0 Å². The lowest BCUT2D eigenvalue weighted by molar-refractivity contribution is 0.360. The van der Waals surface area contributed by atoms with Gasteiger partial charge in [0.05, 0.1) is 0 Å². The summed E-state index contributed by atoms with van der Waals surface area (Å²) in [5.41, 5.74) is 0. The van der Waals surface area contributed by atoms with Crippen molar-refractivity contribution in [2.24, 2.45) is 11.8 Å². The molecule has 1 N–H and O–H groups in total. The van der Waals surface area contributed by atoms with E-state index >= 15 is 0 Å². The Balaban J connectivity index is 1.98. The second kappa shape index (κ2) is 6.32. The average Bonchev–Trinajstić information content (AvgIpc) is 2.69. The zero-order chi connectivity index (χ0) is 13.0. The summed E-state index contributed by atoms with van der Waals surface area (Å²) in [6.07, 6.45) is 4.85. The average molecular weight is 250 g/mol. The first kappa shape index (κ1) is 13.5. The number of rotatable bonds is 5. The van der Waals surface area contributed by atoms with Gasteiger partial charge in [-0.3, -0.25) is 0 Å². The molecule has 0 amide bonds. The van der Waals surface area contributed by atoms with E-state index in [2.05, 4.69) is 40.9 Å². The van der Waals surface area contributed by atoms with Crippen LogP contribution in [0.15, 0.2) is 0 Å². The Hall–Kier alpha value is -0.900. The number of piperidine rings is 1. The van der Waals surface area contributed by atoms with Gasteiger partial charge in [-0.2, -0.15) is 0 Å². The first-order valence-electron chi connectivity index (χ1n) is 7.26. The van der Waals surface area contributed by atoms with Crippen LogP contribution >= 0.6 is 0 Å². The van der Waals surface area contributed by atoms with Gasteiger partial charge < -0.3 is 9.88 Å². The van der Waals surface area contributed by atoms with Crippen molar-refractivity contribution in [2.45, 2.75) is 53.0 Å². The van der Waals surface area contributed by atoms with Gasteiger partial charge in [-0.25, -0.2) is 0 Å². The summed E-state index contributed by atoms with van der Waals surface area (Å²) in [7, 11) is 0. The number of nitrogens with one attached hydrogen (secondary N) is 1. The van der Waals surface area contributed by atoms with Gasteiger partial charge >= 0.3 is 0 Å². The SMILES string of the molecule is Cc1nnc(CC2CCNCC2)n1CCC(C)C. The van der Waals surface area contributed by atoms with Crippen molar-refractivity contribution in [2.75, 3.05) is 13.1 Å². The van der Waals surface area contributed by atoms with E-state index in [1.807, 2.05) is 0 Å². The highest BCUT2D eigenvalue weighted by Gasteiger charge is 2.18. The lowest BCUT2D eigenvalue weighted by atomic mass is 9.94. The maximum Gasteiger partial charge on any atom is 0.133 e. The molecule has 2 heterocycles. The van der Waals surface area contributed by atoms with Crippen molar-refractivity contribution in [3.63, 3.8) is 0 Å². The standard InChI is InChI=1S/C14H26N4/c1-11(2)6-9-18-12(3)16-17-14(18)10-13-4-7-15-8-5-13/h11,13,15H,4-10H2,1-3H3. The molecule has 102 valence electrons. The van der Waals surface area contributed by atoms with Crippen molar-refractivity contribution in [3.05, 3.63) is 11.6 Å². The molecule has 2 rings (SSSR count). The van der Waals surface area contributed by atoms with E-state index in [9.17, 15) is 0 Å². The van der Waals surface area contributed by atoms with Crippen LogP contribution in [0.1, 0.15) is 44.8 Å². The third-order valence-corrected chi connectivity index (χ3v) is 3.87. The zero-order valence-electron chi connectivity index (χ0n) is 11.9. The lowest BCUT2D eigenvalue weighted by Crippen LogP contribution is -2.29. The molecule has 0 radical (unpaired) electrons. The molecular formula is C14H26N4. The summed E-state index contributed by atoms with van der Waals surface area (Å²) < 4.78 is 2.32. The van der Waals surface area contributed by atoms with Crippen LogP contribution in [0, 0.1) is 18.8 Å². The molecular weight excluding hydrogens is 224 g/mol. The van der Waals surface area contributed by atoms with Gasteiger partial charge in [-0.1, -0.05) is 13.8 Å². The van der Waals surface area contributed by atoms with Gasteiger partial charge in [0, 0.05) is 13.0 Å². The minimum absolute atomic E-state index is 0.735. The molecule has 1 aliphatic heterocycles. The van der Waals surface area contributed by atoms with E-state index in [1.165, 1.54) is 25.1 Å². The summed E-state index contributed by atoms with van der Waals surface area (Å²) in [4.78, 5) is 0. The fraction of sp³-hybridized carbons (Fsp3) is 0.857. The van der Waals surface area contributed by atoms with E-state index in [4.69, 9.17) is 0 Å². The summed E-state index contributed by atoms with van der Waals surface area (Å²) in [5, 5.41) is 12.1. The largest absolute Gasteiger partial charge is 0.317 e. The van der Waals surface area contributed by atoms with Crippen LogP contribution in [0.3, 0.4) is 0 Å². The molecule has 4 nitrogen and oxygen atoms in total. The van der Waals surface area contributed by atoms with Gasteiger partial charge in [0.1, 0.15) is 11.6 Å². The van der Waals surface area contributed by atoms with Gasteiger partial charge in [0.2, 0.25) is 0 Å². The molecule has 1 aromatic rings. The Morgan fingerprint density at radius 3 is 2.67 bits per heavy atom. The van der Waals surface area contributed by atoms with E-state index in [0.29, 0.717) is 0 Å². The number of hydrogen-bond donors (Lipinski definition) is 1. The molecule has 0 atom stereocenters. The Morgan fingerprint density at radius 2 is 2.00 bits per heavy atom. The van der Waals surface area contributed by atoms with Crippen molar-refractivity contribution in [1.82, 2.24) is 20.1 Å². The molecule has 1 saturated heterocycles. The number of nitrogens with zero attached hydrogens (tertiary/aromatic N) is 3. The van der Waals surface area contributed by atoms with Crippen LogP contribution < -0.4 is 5.32 Å². The normalized spacial score (nSPS) is 17.6. The molecule has 1 fully saturated rings. The Morgan fingerprint density at radius 1 is 1.28 bits per heavy atom. The fourth-order valence-electron chi connectivity index (χ4n) is 2.60. The molecule has 0 unspecified atom stereocenters. The zero-order valence-corrected chi connectivity index (χ0v) is 11.9. The second-order valence-electron chi connectivity index (χ2n) is 5.90. The van der Waals surface area contributed by atoms with Crippen LogP contribution in [0.5, 0.6) is 0 Å². The highest BCUT2D eigenvalue weighted by molar-refractivity contribution is 4.96. The van der Waals surface area contributed by atoms with Crippen LogP contribution in [0.2, 0.25) is 0 Å². The number of hydrogen-bond acceptors (Lipinski definition) is 3. The van der Waals surface area contributed by atoms with Crippen LogP contribution in [-0.4, -0.2) is 27.9 Å². The van der Waals surface area contributed by atoms with E-state index < -0.39 is 0 Å². The molecule has 0 saturated carbocycles.